The number of nitrogen functional groups attached to an aromatic ring is 1. The molecule has 3 rings (SSSR count). The van der Waals surface area contributed by atoms with Gasteiger partial charge in [0.25, 0.3) is 0 Å². The lowest BCUT2D eigenvalue weighted by Gasteiger charge is -2.26. The van der Waals surface area contributed by atoms with Gasteiger partial charge in [0.1, 0.15) is 0 Å². The standard InChI is InChI=1S/C19H22F2N2/c1-12-2-4-13(5-3-12)14-6-8-15(9-7-14)23-17-11-10-16(22)18(20)19(17)21/h6-13,23H,2-5,22H2,1H3. The lowest BCUT2D eigenvalue weighted by atomic mass is 9.79. The van der Waals surface area contributed by atoms with Crippen LogP contribution in [0.2, 0.25) is 0 Å². The minimum absolute atomic E-state index is 0.0935. The Morgan fingerprint density at radius 1 is 0.913 bits per heavy atom. The Morgan fingerprint density at radius 2 is 1.57 bits per heavy atom. The van der Waals surface area contributed by atoms with Gasteiger partial charge in [0.2, 0.25) is 0 Å². The van der Waals surface area contributed by atoms with E-state index in [4.69, 9.17) is 5.73 Å². The summed E-state index contributed by atoms with van der Waals surface area (Å²) in [5.74, 6) is -0.514. The summed E-state index contributed by atoms with van der Waals surface area (Å²) in [4.78, 5) is 0. The van der Waals surface area contributed by atoms with E-state index in [0.29, 0.717) is 5.92 Å². The smallest absolute Gasteiger partial charge is 0.184 e. The van der Waals surface area contributed by atoms with Crippen LogP contribution >= 0.6 is 0 Å². The van der Waals surface area contributed by atoms with E-state index in [-0.39, 0.29) is 11.4 Å². The van der Waals surface area contributed by atoms with Crippen LogP contribution in [-0.2, 0) is 0 Å². The SMILES string of the molecule is CC1CCC(c2ccc(Nc3ccc(N)c(F)c3F)cc2)CC1. The second-order valence-electron chi connectivity index (χ2n) is 6.53. The maximum Gasteiger partial charge on any atom is 0.184 e. The van der Waals surface area contributed by atoms with E-state index in [2.05, 4.69) is 24.4 Å². The molecule has 0 atom stereocenters. The van der Waals surface area contributed by atoms with E-state index < -0.39 is 11.6 Å². The van der Waals surface area contributed by atoms with E-state index in [0.717, 1.165) is 11.6 Å². The Kier molecular flexibility index (Phi) is 4.51. The van der Waals surface area contributed by atoms with Crippen molar-refractivity contribution in [3.63, 3.8) is 0 Å². The summed E-state index contributed by atoms with van der Waals surface area (Å²) >= 11 is 0. The number of hydrogen-bond donors (Lipinski definition) is 2. The fourth-order valence-corrected chi connectivity index (χ4v) is 3.25. The molecule has 1 saturated carbocycles. The van der Waals surface area contributed by atoms with Gasteiger partial charge in [-0.3, -0.25) is 0 Å². The first-order valence-corrected chi connectivity index (χ1v) is 8.15. The fraction of sp³-hybridized carbons (Fsp3) is 0.368. The van der Waals surface area contributed by atoms with Crippen LogP contribution in [0.3, 0.4) is 0 Å². The second kappa shape index (κ2) is 6.57. The molecule has 23 heavy (non-hydrogen) atoms. The van der Waals surface area contributed by atoms with Crippen molar-refractivity contribution in [2.75, 3.05) is 11.1 Å². The summed E-state index contributed by atoms with van der Waals surface area (Å²) in [6.07, 6.45) is 5.01. The van der Waals surface area contributed by atoms with Crippen LogP contribution in [0.15, 0.2) is 36.4 Å². The molecule has 0 aromatic heterocycles. The lowest BCUT2D eigenvalue weighted by Crippen LogP contribution is -2.10. The molecule has 0 saturated heterocycles. The molecule has 3 N–H and O–H groups in total. The Balaban J connectivity index is 1.72. The molecule has 0 unspecified atom stereocenters. The van der Waals surface area contributed by atoms with E-state index in [9.17, 15) is 8.78 Å². The molecular weight excluding hydrogens is 294 g/mol. The third kappa shape index (κ3) is 3.46. The molecule has 2 aromatic carbocycles. The zero-order chi connectivity index (χ0) is 16.4. The zero-order valence-corrected chi connectivity index (χ0v) is 13.3. The van der Waals surface area contributed by atoms with E-state index in [1.807, 2.05) is 12.1 Å². The summed E-state index contributed by atoms with van der Waals surface area (Å²) in [7, 11) is 0. The molecule has 4 heteroatoms. The molecule has 0 spiro atoms. The number of anilines is 3. The van der Waals surface area contributed by atoms with Crippen molar-refractivity contribution in [1.29, 1.82) is 0 Å². The highest BCUT2D eigenvalue weighted by molar-refractivity contribution is 5.63. The van der Waals surface area contributed by atoms with Crippen molar-refractivity contribution >= 4 is 17.1 Å². The normalized spacial score (nSPS) is 21.2. The lowest BCUT2D eigenvalue weighted by molar-refractivity contribution is 0.348. The van der Waals surface area contributed by atoms with Gasteiger partial charge in [-0.2, -0.15) is 0 Å². The summed E-state index contributed by atoms with van der Waals surface area (Å²) in [5.41, 5.74) is 7.32. The number of nitrogens with two attached hydrogens (primary N) is 1. The predicted octanol–water partition coefficient (Wildman–Crippen LogP) is 5.58. The van der Waals surface area contributed by atoms with Crippen LogP contribution < -0.4 is 11.1 Å². The van der Waals surface area contributed by atoms with Crippen molar-refractivity contribution in [2.24, 2.45) is 5.92 Å². The number of nitrogens with one attached hydrogen (secondary N) is 1. The van der Waals surface area contributed by atoms with Gasteiger partial charge in [0.05, 0.1) is 11.4 Å². The Labute approximate surface area is 135 Å². The molecule has 0 bridgehead atoms. The van der Waals surface area contributed by atoms with Crippen LogP contribution in [-0.4, -0.2) is 0 Å². The summed E-state index contributed by atoms with van der Waals surface area (Å²) in [6.45, 7) is 2.31. The van der Waals surface area contributed by atoms with E-state index >= 15 is 0 Å². The summed E-state index contributed by atoms with van der Waals surface area (Å²) < 4.78 is 27.3. The third-order valence-corrected chi connectivity index (χ3v) is 4.79. The number of halogens is 2. The molecule has 0 amide bonds. The summed E-state index contributed by atoms with van der Waals surface area (Å²) in [6, 6.07) is 10.8. The average molecular weight is 316 g/mol. The van der Waals surface area contributed by atoms with Crippen molar-refractivity contribution in [1.82, 2.24) is 0 Å². The van der Waals surface area contributed by atoms with Gasteiger partial charge < -0.3 is 11.1 Å². The van der Waals surface area contributed by atoms with Crippen LogP contribution in [0.1, 0.15) is 44.1 Å². The maximum atomic E-state index is 13.8. The van der Waals surface area contributed by atoms with Crippen molar-refractivity contribution in [2.45, 2.75) is 38.5 Å². The fourth-order valence-electron chi connectivity index (χ4n) is 3.25. The Bertz CT molecular complexity index is 675. The van der Waals surface area contributed by atoms with Crippen LogP contribution in [0.25, 0.3) is 0 Å². The van der Waals surface area contributed by atoms with Gasteiger partial charge in [0, 0.05) is 5.69 Å². The van der Waals surface area contributed by atoms with Gasteiger partial charge in [-0.25, -0.2) is 8.78 Å². The van der Waals surface area contributed by atoms with Gasteiger partial charge in [-0.1, -0.05) is 31.9 Å². The molecular formula is C19H22F2N2. The monoisotopic (exact) mass is 316 g/mol. The number of rotatable bonds is 3. The summed E-state index contributed by atoms with van der Waals surface area (Å²) in [5, 5.41) is 2.91. The Hall–Kier alpha value is -2.10. The average Bonchev–Trinajstić information content (AvgIpc) is 2.57. The van der Waals surface area contributed by atoms with E-state index in [1.165, 1.54) is 43.4 Å². The molecule has 1 aliphatic carbocycles. The zero-order valence-electron chi connectivity index (χ0n) is 13.3. The first kappa shape index (κ1) is 15.8. The molecule has 0 radical (unpaired) electrons. The highest BCUT2D eigenvalue weighted by Gasteiger charge is 2.19. The van der Waals surface area contributed by atoms with Crippen molar-refractivity contribution in [3.8, 4) is 0 Å². The van der Waals surface area contributed by atoms with Gasteiger partial charge in [-0.15, -0.1) is 0 Å². The highest BCUT2D eigenvalue weighted by atomic mass is 19.2. The first-order chi connectivity index (χ1) is 11.0. The van der Waals surface area contributed by atoms with Crippen molar-refractivity contribution in [3.05, 3.63) is 53.6 Å². The largest absolute Gasteiger partial charge is 0.396 e. The van der Waals surface area contributed by atoms with Crippen LogP contribution in [0, 0.1) is 17.6 Å². The second-order valence-corrected chi connectivity index (χ2v) is 6.53. The molecule has 1 aliphatic rings. The highest BCUT2D eigenvalue weighted by Crippen LogP contribution is 2.36. The number of hydrogen-bond acceptors (Lipinski definition) is 2. The molecule has 1 fully saturated rings. The minimum Gasteiger partial charge on any atom is -0.396 e. The third-order valence-electron chi connectivity index (χ3n) is 4.79. The molecule has 2 nitrogen and oxygen atoms in total. The van der Waals surface area contributed by atoms with Gasteiger partial charge >= 0.3 is 0 Å². The quantitative estimate of drug-likeness (QED) is 0.725. The van der Waals surface area contributed by atoms with Crippen LogP contribution in [0.5, 0.6) is 0 Å². The first-order valence-electron chi connectivity index (χ1n) is 8.15. The molecule has 2 aromatic rings. The molecule has 122 valence electrons. The van der Waals surface area contributed by atoms with Crippen molar-refractivity contribution < 1.29 is 8.78 Å². The molecule has 0 aliphatic heterocycles. The maximum absolute atomic E-state index is 13.8. The minimum atomic E-state index is -1.01. The Morgan fingerprint density at radius 3 is 2.22 bits per heavy atom. The predicted molar refractivity (Wildman–Crippen MR) is 90.9 cm³/mol. The topological polar surface area (TPSA) is 38.0 Å². The van der Waals surface area contributed by atoms with Crippen LogP contribution in [0.4, 0.5) is 25.8 Å². The number of benzene rings is 2. The van der Waals surface area contributed by atoms with Gasteiger partial charge in [-0.05, 0) is 54.5 Å². The van der Waals surface area contributed by atoms with E-state index in [1.54, 1.807) is 0 Å². The molecule has 0 heterocycles. The van der Waals surface area contributed by atoms with Gasteiger partial charge in [0.15, 0.2) is 11.6 Å².